The quantitative estimate of drug-likeness (QED) is 0.836. The van der Waals surface area contributed by atoms with Crippen molar-refractivity contribution < 1.29 is 13.2 Å². The molecule has 3 rings (SSSR count). The standard InChI is InChI=1S/C18H26N2O3S/c1-2-13-24(22,23)20-11-6-5-9-17(20)18(21)19-12-10-15-7-3-4-8-16(15)14-19/h3-4,7-8,17H,2,5-6,9-14H2,1H3. The summed E-state index contributed by atoms with van der Waals surface area (Å²) in [6.45, 7) is 3.60. The van der Waals surface area contributed by atoms with Crippen LogP contribution < -0.4 is 0 Å². The van der Waals surface area contributed by atoms with Crippen LogP contribution in [0, 0.1) is 0 Å². The molecule has 1 unspecified atom stereocenters. The lowest BCUT2D eigenvalue weighted by atomic mass is 9.98. The molecular weight excluding hydrogens is 324 g/mol. The Kier molecular flexibility index (Phi) is 5.25. The van der Waals surface area contributed by atoms with E-state index in [2.05, 4.69) is 12.1 Å². The van der Waals surface area contributed by atoms with E-state index in [1.807, 2.05) is 24.0 Å². The molecule has 5 nitrogen and oxygen atoms in total. The predicted octanol–water partition coefficient (Wildman–Crippen LogP) is 2.17. The molecule has 0 aliphatic carbocycles. The van der Waals surface area contributed by atoms with E-state index in [0.29, 0.717) is 32.5 Å². The van der Waals surface area contributed by atoms with E-state index in [1.54, 1.807) is 0 Å². The van der Waals surface area contributed by atoms with Crippen molar-refractivity contribution in [1.29, 1.82) is 0 Å². The van der Waals surface area contributed by atoms with E-state index in [1.165, 1.54) is 15.4 Å². The number of amides is 1. The summed E-state index contributed by atoms with van der Waals surface area (Å²) in [5, 5.41) is 0. The minimum absolute atomic E-state index is 0.0242. The van der Waals surface area contributed by atoms with E-state index < -0.39 is 16.1 Å². The molecular formula is C18H26N2O3S. The van der Waals surface area contributed by atoms with Gasteiger partial charge in [0.25, 0.3) is 0 Å². The number of piperidine rings is 1. The van der Waals surface area contributed by atoms with Crippen molar-refractivity contribution in [1.82, 2.24) is 9.21 Å². The maximum atomic E-state index is 13.0. The van der Waals surface area contributed by atoms with Gasteiger partial charge in [0.1, 0.15) is 6.04 Å². The fraction of sp³-hybridized carbons (Fsp3) is 0.611. The Balaban J connectivity index is 1.78. The topological polar surface area (TPSA) is 57.7 Å². The van der Waals surface area contributed by atoms with E-state index in [-0.39, 0.29) is 11.7 Å². The maximum Gasteiger partial charge on any atom is 0.241 e. The number of nitrogens with zero attached hydrogens (tertiary/aromatic N) is 2. The van der Waals surface area contributed by atoms with Crippen molar-refractivity contribution in [2.24, 2.45) is 0 Å². The van der Waals surface area contributed by atoms with E-state index in [4.69, 9.17) is 0 Å². The zero-order valence-corrected chi connectivity index (χ0v) is 15.1. The average Bonchev–Trinajstić information content (AvgIpc) is 2.60. The highest BCUT2D eigenvalue weighted by Gasteiger charge is 2.38. The molecule has 2 heterocycles. The summed E-state index contributed by atoms with van der Waals surface area (Å²) in [7, 11) is -3.34. The highest BCUT2D eigenvalue weighted by molar-refractivity contribution is 7.89. The molecule has 0 saturated carbocycles. The number of fused-ring (bicyclic) bond motifs is 1. The summed E-state index contributed by atoms with van der Waals surface area (Å²) >= 11 is 0. The summed E-state index contributed by atoms with van der Waals surface area (Å²) < 4.78 is 26.5. The highest BCUT2D eigenvalue weighted by atomic mass is 32.2. The number of carbonyl (C=O) groups is 1. The average molecular weight is 350 g/mol. The SMILES string of the molecule is CCCS(=O)(=O)N1CCCCC1C(=O)N1CCc2ccccc2C1. The Morgan fingerprint density at radius 1 is 1.17 bits per heavy atom. The minimum atomic E-state index is -3.34. The van der Waals surface area contributed by atoms with E-state index in [9.17, 15) is 13.2 Å². The first kappa shape index (κ1) is 17.4. The number of hydrogen-bond acceptors (Lipinski definition) is 3. The normalized spacial score (nSPS) is 22.2. The van der Waals surface area contributed by atoms with Gasteiger partial charge in [-0.2, -0.15) is 4.31 Å². The van der Waals surface area contributed by atoms with Crippen LogP contribution in [0.4, 0.5) is 0 Å². The van der Waals surface area contributed by atoms with Gasteiger partial charge in [-0.1, -0.05) is 37.6 Å². The molecule has 1 aromatic rings. The zero-order chi connectivity index (χ0) is 17.2. The van der Waals surface area contributed by atoms with Gasteiger partial charge in [0.2, 0.25) is 15.9 Å². The largest absolute Gasteiger partial charge is 0.337 e. The van der Waals surface area contributed by atoms with Gasteiger partial charge >= 0.3 is 0 Å². The van der Waals surface area contributed by atoms with E-state index in [0.717, 1.165) is 19.3 Å². The van der Waals surface area contributed by atoms with Crippen LogP contribution in [0.2, 0.25) is 0 Å². The Labute approximate surface area is 144 Å². The van der Waals surface area contributed by atoms with E-state index >= 15 is 0 Å². The van der Waals surface area contributed by atoms with Crippen molar-refractivity contribution in [3.05, 3.63) is 35.4 Å². The molecule has 24 heavy (non-hydrogen) atoms. The Morgan fingerprint density at radius 3 is 2.67 bits per heavy atom. The third-order valence-electron chi connectivity index (χ3n) is 5.00. The lowest BCUT2D eigenvalue weighted by Crippen LogP contribution is -2.54. The van der Waals surface area contributed by atoms with Gasteiger partial charge in [-0.3, -0.25) is 4.79 Å². The summed E-state index contributed by atoms with van der Waals surface area (Å²) in [5.74, 6) is 0.100. The molecule has 1 amide bonds. The second-order valence-corrected chi connectivity index (χ2v) is 8.76. The van der Waals surface area contributed by atoms with Crippen LogP contribution in [0.25, 0.3) is 0 Å². The molecule has 1 aromatic carbocycles. The zero-order valence-electron chi connectivity index (χ0n) is 14.3. The van der Waals surface area contributed by atoms with Crippen LogP contribution in [0.5, 0.6) is 0 Å². The Hall–Kier alpha value is -1.40. The minimum Gasteiger partial charge on any atom is -0.337 e. The first-order valence-corrected chi connectivity index (χ1v) is 10.5. The van der Waals surface area contributed by atoms with Gasteiger partial charge in [-0.15, -0.1) is 0 Å². The summed E-state index contributed by atoms with van der Waals surface area (Å²) in [6, 6.07) is 7.67. The highest BCUT2D eigenvalue weighted by Crippen LogP contribution is 2.26. The number of rotatable bonds is 4. The van der Waals surface area contributed by atoms with Crippen molar-refractivity contribution >= 4 is 15.9 Å². The van der Waals surface area contributed by atoms with Crippen LogP contribution >= 0.6 is 0 Å². The molecule has 1 fully saturated rings. The first-order valence-electron chi connectivity index (χ1n) is 8.88. The second-order valence-electron chi connectivity index (χ2n) is 6.72. The van der Waals surface area contributed by atoms with Gasteiger partial charge in [0, 0.05) is 19.6 Å². The summed E-state index contributed by atoms with van der Waals surface area (Å²) in [4.78, 5) is 14.9. The molecule has 2 aliphatic heterocycles. The fourth-order valence-corrected chi connectivity index (χ4v) is 5.50. The fourth-order valence-electron chi connectivity index (χ4n) is 3.75. The van der Waals surface area contributed by atoms with Crippen LogP contribution in [0.1, 0.15) is 43.7 Å². The Bertz CT molecular complexity index is 702. The van der Waals surface area contributed by atoms with Crippen molar-refractivity contribution in [2.75, 3.05) is 18.8 Å². The summed E-state index contributed by atoms with van der Waals surface area (Å²) in [6.07, 6.45) is 3.82. The third-order valence-corrected chi connectivity index (χ3v) is 7.08. The van der Waals surface area contributed by atoms with Gasteiger partial charge < -0.3 is 4.90 Å². The number of hydrogen-bond donors (Lipinski definition) is 0. The molecule has 132 valence electrons. The monoisotopic (exact) mass is 350 g/mol. The molecule has 0 spiro atoms. The van der Waals surface area contributed by atoms with Crippen LogP contribution in [-0.2, 0) is 27.8 Å². The molecule has 0 aromatic heterocycles. The molecule has 1 atom stereocenters. The summed E-state index contributed by atoms with van der Waals surface area (Å²) in [5.41, 5.74) is 2.47. The number of carbonyl (C=O) groups excluding carboxylic acids is 1. The molecule has 2 aliphatic rings. The molecule has 6 heteroatoms. The van der Waals surface area contributed by atoms with Gasteiger partial charge in [-0.25, -0.2) is 8.42 Å². The molecule has 0 N–H and O–H groups in total. The third kappa shape index (κ3) is 3.49. The predicted molar refractivity (Wildman–Crippen MR) is 94.0 cm³/mol. The van der Waals surface area contributed by atoms with Gasteiger partial charge in [0.05, 0.1) is 5.75 Å². The molecule has 1 saturated heterocycles. The van der Waals surface area contributed by atoms with Crippen molar-refractivity contribution in [3.63, 3.8) is 0 Å². The van der Waals surface area contributed by atoms with Crippen LogP contribution in [-0.4, -0.2) is 48.4 Å². The smallest absolute Gasteiger partial charge is 0.241 e. The van der Waals surface area contributed by atoms with Crippen molar-refractivity contribution in [3.8, 4) is 0 Å². The number of sulfonamides is 1. The first-order chi connectivity index (χ1) is 11.5. The van der Waals surface area contributed by atoms with Crippen LogP contribution in [0.15, 0.2) is 24.3 Å². The van der Waals surface area contributed by atoms with Crippen molar-refractivity contribution in [2.45, 2.75) is 51.6 Å². The maximum absolute atomic E-state index is 13.0. The Morgan fingerprint density at radius 2 is 1.92 bits per heavy atom. The number of benzene rings is 1. The lowest BCUT2D eigenvalue weighted by molar-refractivity contribution is -0.137. The molecule has 0 bridgehead atoms. The molecule has 0 radical (unpaired) electrons. The van der Waals surface area contributed by atoms with Gasteiger partial charge in [-0.05, 0) is 36.8 Å². The van der Waals surface area contributed by atoms with Gasteiger partial charge in [0.15, 0.2) is 0 Å². The lowest BCUT2D eigenvalue weighted by Gasteiger charge is -2.38. The second kappa shape index (κ2) is 7.23. The van der Waals surface area contributed by atoms with Crippen LogP contribution in [0.3, 0.4) is 0 Å².